The first-order valence-electron chi connectivity index (χ1n) is 15.4. The molecule has 1 aliphatic rings. The fourth-order valence-corrected chi connectivity index (χ4v) is 7.22. The van der Waals surface area contributed by atoms with Gasteiger partial charge in [-0.1, -0.05) is 84.9 Å². The van der Waals surface area contributed by atoms with Crippen LogP contribution in [0.15, 0.2) is 115 Å². The molecule has 0 bridgehead atoms. The summed E-state index contributed by atoms with van der Waals surface area (Å²) in [5, 5.41) is 13.2. The van der Waals surface area contributed by atoms with E-state index in [0.29, 0.717) is 23.2 Å². The van der Waals surface area contributed by atoms with E-state index in [-0.39, 0.29) is 6.42 Å². The van der Waals surface area contributed by atoms with E-state index < -0.39 is 23.2 Å². The fourth-order valence-electron chi connectivity index (χ4n) is 7.22. The van der Waals surface area contributed by atoms with Crippen molar-refractivity contribution >= 4 is 33.8 Å². The fraction of sp³-hybridized carbons (Fsp3) is 0.150. The second-order valence-electron chi connectivity index (χ2n) is 12.1. The zero-order chi connectivity index (χ0) is 32.9. The maximum Gasteiger partial charge on any atom is 0.416 e. The highest BCUT2D eigenvalue weighted by molar-refractivity contribution is 6.12. The van der Waals surface area contributed by atoms with Crippen molar-refractivity contribution in [3.8, 4) is 6.07 Å². The highest BCUT2D eigenvalue weighted by atomic mass is 19.4. The SMILES string of the molecule is Cc1c2c(c(C)c3c1c1ccccc1n3Cc1ccccc1)C=CN(C(=O)c1ccccc1)C2(C#N)Cc1cccc(C(F)(F)F)c1. The van der Waals surface area contributed by atoms with Gasteiger partial charge in [-0.25, -0.2) is 0 Å². The maximum absolute atomic E-state index is 14.2. The monoisotopic (exact) mass is 625 g/mol. The molecule has 232 valence electrons. The van der Waals surface area contributed by atoms with Crippen LogP contribution in [0, 0.1) is 25.2 Å². The molecule has 0 radical (unpaired) electrons. The predicted molar refractivity (Wildman–Crippen MR) is 179 cm³/mol. The van der Waals surface area contributed by atoms with Crippen molar-refractivity contribution in [2.75, 3.05) is 0 Å². The molecule has 0 aliphatic carbocycles. The van der Waals surface area contributed by atoms with Gasteiger partial charge in [0.25, 0.3) is 5.91 Å². The number of carbonyl (C=O) groups is 1. The van der Waals surface area contributed by atoms with Crippen LogP contribution in [0.25, 0.3) is 27.9 Å². The molecule has 0 spiro atoms. The highest BCUT2D eigenvalue weighted by Gasteiger charge is 2.47. The minimum atomic E-state index is -4.56. The summed E-state index contributed by atoms with van der Waals surface area (Å²) in [5.74, 6) is -0.412. The quantitative estimate of drug-likeness (QED) is 0.192. The van der Waals surface area contributed by atoms with Gasteiger partial charge in [0, 0.05) is 46.6 Å². The van der Waals surface area contributed by atoms with Crippen LogP contribution in [0.3, 0.4) is 0 Å². The van der Waals surface area contributed by atoms with Crippen molar-refractivity contribution < 1.29 is 18.0 Å². The Bertz CT molecular complexity index is 2240. The molecule has 1 aliphatic heterocycles. The molecule has 1 atom stereocenters. The summed E-state index contributed by atoms with van der Waals surface area (Å²) in [4.78, 5) is 15.6. The Balaban J connectivity index is 1.53. The average molecular weight is 626 g/mol. The number of amides is 1. The number of hydrogen-bond donors (Lipinski definition) is 0. The summed E-state index contributed by atoms with van der Waals surface area (Å²) in [5.41, 5.74) is 4.57. The lowest BCUT2D eigenvalue weighted by atomic mass is 9.74. The lowest BCUT2D eigenvalue weighted by Gasteiger charge is -2.42. The van der Waals surface area contributed by atoms with Gasteiger partial charge in [0.15, 0.2) is 5.54 Å². The molecule has 0 saturated carbocycles. The third-order valence-electron chi connectivity index (χ3n) is 9.29. The van der Waals surface area contributed by atoms with E-state index in [2.05, 4.69) is 34.9 Å². The van der Waals surface area contributed by atoms with Crippen LogP contribution >= 0.6 is 0 Å². The number of fused-ring (bicyclic) bond motifs is 4. The van der Waals surface area contributed by atoms with Crippen LogP contribution in [0.5, 0.6) is 0 Å². The van der Waals surface area contributed by atoms with Crippen molar-refractivity contribution in [2.24, 2.45) is 0 Å². The molecule has 47 heavy (non-hydrogen) atoms. The molecule has 4 nitrogen and oxygen atoms in total. The van der Waals surface area contributed by atoms with Crippen LogP contribution in [-0.4, -0.2) is 15.4 Å². The molecule has 1 aromatic heterocycles. The zero-order valence-electron chi connectivity index (χ0n) is 25.8. The molecule has 1 amide bonds. The van der Waals surface area contributed by atoms with Gasteiger partial charge >= 0.3 is 6.18 Å². The van der Waals surface area contributed by atoms with Crippen molar-refractivity contribution in [1.82, 2.24) is 9.47 Å². The van der Waals surface area contributed by atoms with E-state index in [1.54, 1.807) is 42.6 Å². The summed E-state index contributed by atoms with van der Waals surface area (Å²) in [6.07, 6.45) is -1.21. The number of aromatic nitrogens is 1. The number of halogens is 3. The molecule has 0 N–H and O–H groups in total. The minimum absolute atomic E-state index is 0.141. The van der Waals surface area contributed by atoms with Gasteiger partial charge in [0.2, 0.25) is 0 Å². The van der Waals surface area contributed by atoms with Crippen LogP contribution in [0.4, 0.5) is 13.2 Å². The van der Waals surface area contributed by atoms with Gasteiger partial charge < -0.3 is 4.57 Å². The Morgan fingerprint density at radius 3 is 2.19 bits per heavy atom. The lowest BCUT2D eigenvalue weighted by Crippen LogP contribution is -2.49. The predicted octanol–water partition coefficient (Wildman–Crippen LogP) is 9.57. The Morgan fingerprint density at radius 1 is 0.830 bits per heavy atom. The normalized spacial score (nSPS) is 16.0. The number of para-hydroxylation sites is 1. The molecule has 6 aromatic rings. The minimum Gasteiger partial charge on any atom is -0.336 e. The summed E-state index contributed by atoms with van der Waals surface area (Å²) in [6, 6.07) is 34.5. The van der Waals surface area contributed by atoms with Gasteiger partial charge in [-0.2, -0.15) is 18.4 Å². The van der Waals surface area contributed by atoms with Crippen LogP contribution in [-0.2, 0) is 24.7 Å². The van der Waals surface area contributed by atoms with E-state index in [1.165, 1.54) is 11.0 Å². The van der Waals surface area contributed by atoms with Crippen molar-refractivity contribution in [3.63, 3.8) is 0 Å². The smallest absolute Gasteiger partial charge is 0.336 e. The molecule has 5 aromatic carbocycles. The van der Waals surface area contributed by atoms with Crippen LogP contribution < -0.4 is 0 Å². The molecule has 0 saturated heterocycles. The first-order valence-corrected chi connectivity index (χ1v) is 15.4. The molecule has 7 heteroatoms. The van der Waals surface area contributed by atoms with Crippen LogP contribution in [0.1, 0.15) is 49.3 Å². The van der Waals surface area contributed by atoms with Gasteiger partial charge in [0.05, 0.1) is 17.1 Å². The van der Waals surface area contributed by atoms with Gasteiger partial charge in [0.1, 0.15) is 0 Å². The zero-order valence-corrected chi connectivity index (χ0v) is 25.8. The van der Waals surface area contributed by atoms with E-state index >= 15 is 0 Å². The molecule has 7 rings (SSSR count). The molecule has 1 unspecified atom stereocenters. The summed E-state index contributed by atoms with van der Waals surface area (Å²) < 4.78 is 43.8. The topological polar surface area (TPSA) is 49.0 Å². The Morgan fingerprint density at radius 2 is 1.49 bits per heavy atom. The molecular weight excluding hydrogens is 595 g/mol. The Hall–Kier alpha value is -5.61. The summed E-state index contributed by atoms with van der Waals surface area (Å²) in [6.45, 7) is 4.61. The average Bonchev–Trinajstić information content (AvgIpc) is 3.41. The van der Waals surface area contributed by atoms with Gasteiger partial charge in [-0.05, 0) is 72.0 Å². The standard InChI is InChI=1S/C40H30F3N3O/c1-26-32-20-21-46(38(47)30-15-7-4-8-16-30)39(25-44,23-29-14-11-17-31(22-29)40(41,42)43)36(32)27(2)35-33-18-9-10-19-34(33)45(37(26)35)24-28-12-5-3-6-13-28/h3-22H,23-24H2,1-2H3. The maximum atomic E-state index is 14.2. The van der Waals surface area contributed by atoms with Crippen molar-refractivity contribution in [2.45, 2.75) is 38.5 Å². The largest absolute Gasteiger partial charge is 0.416 e. The second kappa shape index (κ2) is 11.3. The first-order chi connectivity index (χ1) is 22.6. The first kappa shape index (κ1) is 30.1. The second-order valence-corrected chi connectivity index (χ2v) is 12.1. The third kappa shape index (κ3) is 4.88. The van der Waals surface area contributed by atoms with E-state index in [4.69, 9.17) is 0 Å². The highest BCUT2D eigenvalue weighted by Crippen LogP contribution is 2.48. The van der Waals surface area contributed by atoms with Crippen LogP contribution in [0.2, 0.25) is 0 Å². The van der Waals surface area contributed by atoms with Gasteiger partial charge in [-0.3, -0.25) is 9.69 Å². The van der Waals surface area contributed by atoms with Crippen molar-refractivity contribution in [1.29, 1.82) is 5.26 Å². The molecule has 2 heterocycles. The van der Waals surface area contributed by atoms with Crippen molar-refractivity contribution in [3.05, 3.63) is 160 Å². The molecule has 0 fully saturated rings. The summed E-state index contributed by atoms with van der Waals surface area (Å²) >= 11 is 0. The number of nitriles is 1. The van der Waals surface area contributed by atoms with E-state index in [0.717, 1.165) is 56.2 Å². The molecular formula is C40H30F3N3O. The number of carbonyl (C=O) groups excluding carboxylic acids is 1. The number of nitrogens with zero attached hydrogens (tertiary/aromatic N) is 3. The number of rotatable bonds is 5. The number of hydrogen-bond acceptors (Lipinski definition) is 2. The Labute approximate surface area is 270 Å². The third-order valence-corrected chi connectivity index (χ3v) is 9.29. The number of alkyl halides is 3. The summed E-state index contributed by atoms with van der Waals surface area (Å²) in [7, 11) is 0. The van der Waals surface area contributed by atoms with E-state index in [1.807, 2.05) is 50.3 Å². The number of benzene rings is 5. The van der Waals surface area contributed by atoms with Gasteiger partial charge in [-0.15, -0.1) is 0 Å². The lowest BCUT2D eigenvalue weighted by molar-refractivity contribution is -0.137. The number of aryl methyl sites for hydroxylation is 2. The van der Waals surface area contributed by atoms with E-state index in [9.17, 15) is 23.2 Å². The Kier molecular flexibility index (Phi) is 7.24.